The van der Waals surface area contributed by atoms with E-state index in [0.29, 0.717) is 23.5 Å². The molecule has 220 valence electrons. The molecule has 2 fully saturated rings. The second kappa shape index (κ2) is 11.7. The molecule has 2 saturated heterocycles. The molecule has 41 heavy (non-hydrogen) atoms. The van der Waals surface area contributed by atoms with Crippen molar-refractivity contribution < 1.29 is 31.1 Å². The monoisotopic (exact) mass is 589 g/mol. The molecule has 0 spiro atoms. The second-order valence-corrected chi connectivity index (χ2v) is 13.0. The molecular formula is C30H34F3N3O4S. The molecule has 0 unspecified atom stereocenters. The van der Waals surface area contributed by atoms with E-state index in [1.165, 1.54) is 56.7 Å². The lowest BCUT2D eigenvalue weighted by Gasteiger charge is -2.40. The highest BCUT2D eigenvalue weighted by molar-refractivity contribution is 7.90. The van der Waals surface area contributed by atoms with Gasteiger partial charge in [0.2, 0.25) is 0 Å². The molecule has 0 N–H and O–H groups in total. The van der Waals surface area contributed by atoms with Crippen LogP contribution in [0.25, 0.3) is 22.2 Å². The van der Waals surface area contributed by atoms with Gasteiger partial charge in [-0.05, 0) is 76.1 Å². The van der Waals surface area contributed by atoms with Crippen molar-refractivity contribution in [2.24, 2.45) is 0 Å². The number of benzene rings is 2. The summed E-state index contributed by atoms with van der Waals surface area (Å²) in [5.41, 5.74) is 0.390. The number of alkyl halides is 3. The molecule has 2 aliphatic rings. The summed E-state index contributed by atoms with van der Waals surface area (Å²) in [5.74, 6) is -0.657. The largest absolute Gasteiger partial charge is 0.465 e. The average Bonchev–Trinajstić information content (AvgIpc) is 2.96. The number of halogens is 3. The van der Waals surface area contributed by atoms with Gasteiger partial charge in [-0.3, -0.25) is 4.90 Å². The van der Waals surface area contributed by atoms with Gasteiger partial charge in [-0.15, -0.1) is 0 Å². The first-order chi connectivity index (χ1) is 19.5. The lowest BCUT2D eigenvalue weighted by Crippen LogP contribution is -2.46. The number of likely N-dealkylation sites (tertiary alicyclic amines) is 2. The summed E-state index contributed by atoms with van der Waals surface area (Å²) < 4.78 is 70.7. The second-order valence-electron chi connectivity index (χ2n) is 10.9. The third-order valence-corrected chi connectivity index (χ3v) is 9.30. The van der Waals surface area contributed by atoms with Gasteiger partial charge in [0, 0.05) is 35.4 Å². The van der Waals surface area contributed by atoms with Gasteiger partial charge in [-0.25, -0.2) is 18.2 Å². The minimum atomic E-state index is -4.57. The Balaban J connectivity index is 1.62. The zero-order valence-corrected chi connectivity index (χ0v) is 24.0. The van der Waals surface area contributed by atoms with Crippen molar-refractivity contribution in [2.45, 2.75) is 55.8 Å². The van der Waals surface area contributed by atoms with Crippen LogP contribution in [0.5, 0.6) is 0 Å². The Kier molecular flexibility index (Phi) is 8.41. The van der Waals surface area contributed by atoms with Crippen LogP contribution in [0.2, 0.25) is 0 Å². The van der Waals surface area contributed by atoms with Crippen molar-refractivity contribution in [3.05, 3.63) is 59.2 Å². The van der Waals surface area contributed by atoms with E-state index in [-0.39, 0.29) is 27.2 Å². The van der Waals surface area contributed by atoms with Crippen LogP contribution >= 0.6 is 0 Å². The standard InChI is InChI=1S/C30H34F3N3O4S/c1-40-29(37)27-24-10-9-23(41(2,38)39)18-26(24)34-28(20-7-6-8-21(17-20)30(31,32)33)25(27)19-35-15-11-22(12-16-35)36-13-4-3-5-14-36/h6-10,17-18,22H,3-5,11-16,19H2,1-2H3. The number of piperidine rings is 2. The maximum Gasteiger partial charge on any atom is 0.416 e. The van der Waals surface area contributed by atoms with E-state index >= 15 is 0 Å². The number of carbonyl (C=O) groups excluding carboxylic acids is 1. The molecule has 0 amide bonds. The predicted octanol–water partition coefficient (Wildman–Crippen LogP) is 5.56. The Morgan fingerprint density at radius 2 is 1.73 bits per heavy atom. The van der Waals surface area contributed by atoms with E-state index < -0.39 is 27.5 Å². The highest BCUT2D eigenvalue weighted by Crippen LogP contribution is 2.37. The smallest absolute Gasteiger partial charge is 0.416 e. The summed E-state index contributed by atoms with van der Waals surface area (Å²) in [6, 6.07) is 9.61. The number of ether oxygens (including phenoxy) is 1. The topological polar surface area (TPSA) is 79.8 Å². The van der Waals surface area contributed by atoms with Gasteiger partial charge < -0.3 is 9.64 Å². The number of fused-ring (bicyclic) bond motifs is 1. The molecular weight excluding hydrogens is 555 g/mol. The first kappa shape index (κ1) is 29.5. The molecule has 1 aromatic heterocycles. The van der Waals surface area contributed by atoms with Crippen molar-refractivity contribution >= 4 is 26.7 Å². The SMILES string of the molecule is COC(=O)c1c(CN2CCC(N3CCCCC3)CC2)c(-c2cccc(C(F)(F)F)c2)nc2cc(S(C)(=O)=O)ccc12. The van der Waals surface area contributed by atoms with E-state index in [9.17, 15) is 26.4 Å². The lowest BCUT2D eigenvalue weighted by atomic mass is 9.94. The molecule has 0 atom stereocenters. The molecule has 5 rings (SSSR count). The van der Waals surface area contributed by atoms with Gasteiger partial charge in [-0.2, -0.15) is 13.2 Å². The molecule has 0 radical (unpaired) electrons. The molecule has 0 bridgehead atoms. The van der Waals surface area contributed by atoms with Crippen LogP contribution in [-0.4, -0.2) is 74.8 Å². The fourth-order valence-corrected chi connectivity index (χ4v) is 6.68. The Morgan fingerprint density at radius 3 is 2.37 bits per heavy atom. The Morgan fingerprint density at radius 1 is 1.02 bits per heavy atom. The number of hydrogen-bond acceptors (Lipinski definition) is 7. The fourth-order valence-electron chi connectivity index (χ4n) is 6.04. The maximum absolute atomic E-state index is 13.7. The van der Waals surface area contributed by atoms with Crippen LogP contribution in [0.1, 0.15) is 53.6 Å². The number of sulfone groups is 1. The first-order valence-corrected chi connectivity index (χ1v) is 15.7. The normalized spacial score (nSPS) is 18.1. The van der Waals surface area contributed by atoms with Crippen LogP contribution in [-0.2, 0) is 27.3 Å². The van der Waals surface area contributed by atoms with Crippen molar-refractivity contribution in [1.29, 1.82) is 0 Å². The summed E-state index contributed by atoms with van der Waals surface area (Å²) in [5, 5.41) is 0.387. The summed E-state index contributed by atoms with van der Waals surface area (Å²) in [6.45, 7) is 4.06. The van der Waals surface area contributed by atoms with E-state index in [0.717, 1.165) is 57.4 Å². The van der Waals surface area contributed by atoms with Gasteiger partial charge in [0.25, 0.3) is 0 Å². The maximum atomic E-state index is 13.7. The summed E-state index contributed by atoms with van der Waals surface area (Å²) in [7, 11) is -2.35. The zero-order chi connectivity index (χ0) is 29.4. The van der Waals surface area contributed by atoms with E-state index in [1.807, 2.05) is 0 Å². The number of aromatic nitrogens is 1. The number of carbonyl (C=O) groups is 1. The number of hydrogen-bond donors (Lipinski definition) is 0. The van der Waals surface area contributed by atoms with E-state index in [1.54, 1.807) is 0 Å². The minimum absolute atomic E-state index is 0.00385. The lowest BCUT2D eigenvalue weighted by molar-refractivity contribution is -0.137. The Bertz CT molecular complexity index is 1540. The number of pyridine rings is 1. The average molecular weight is 590 g/mol. The fraction of sp³-hybridized carbons (Fsp3) is 0.467. The summed E-state index contributed by atoms with van der Waals surface area (Å²) in [4.78, 5) is 22.7. The van der Waals surface area contributed by atoms with Gasteiger partial charge in [-0.1, -0.05) is 24.6 Å². The highest BCUT2D eigenvalue weighted by Gasteiger charge is 2.32. The molecule has 7 nitrogen and oxygen atoms in total. The Labute approximate surface area is 238 Å². The van der Waals surface area contributed by atoms with E-state index in [4.69, 9.17) is 9.72 Å². The van der Waals surface area contributed by atoms with Crippen molar-refractivity contribution in [1.82, 2.24) is 14.8 Å². The molecule has 2 aliphatic heterocycles. The number of nitrogens with zero attached hydrogens (tertiary/aromatic N) is 3. The van der Waals surface area contributed by atoms with Gasteiger partial charge >= 0.3 is 12.1 Å². The van der Waals surface area contributed by atoms with Crippen molar-refractivity contribution in [3.63, 3.8) is 0 Å². The summed E-state index contributed by atoms with van der Waals surface area (Å²) in [6.07, 6.45) is 2.11. The molecule has 2 aromatic carbocycles. The van der Waals surface area contributed by atoms with Crippen LogP contribution < -0.4 is 0 Å². The van der Waals surface area contributed by atoms with Crippen LogP contribution in [0.3, 0.4) is 0 Å². The van der Waals surface area contributed by atoms with Crippen molar-refractivity contribution in [2.75, 3.05) is 39.5 Å². The zero-order valence-electron chi connectivity index (χ0n) is 23.2. The van der Waals surface area contributed by atoms with Crippen LogP contribution in [0.4, 0.5) is 13.2 Å². The van der Waals surface area contributed by atoms with E-state index in [2.05, 4.69) is 9.80 Å². The molecule has 0 saturated carbocycles. The molecule has 3 heterocycles. The van der Waals surface area contributed by atoms with Crippen LogP contribution in [0, 0.1) is 0 Å². The minimum Gasteiger partial charge on any atom is -0.465 e. The Hall–Kier alpha value is -3.02. The highest BCUT2D eigenvalue weighted by atomic mass is 32.2. The van der Waals surface area contributed by atoms with Gasteiger partial charge in [0.15, 0.2) is 9.84 Å². The van der Waals surface area contributed by atoms with Gasteiger partial charge in [0.05, 0.1) is 34.3 Å². The summed E-state index contributed by atoms with van der Waals surface area (Å²) >= 11 is 0. The molecule has 3 aromatic rings. The number of esters is 1. The third kappa shape index (κ3) is 6.42. The van der Waals surface area contributed by atoms with Crippen molar-refractivity contribution in [3.8, 4) is 11.3 Å². The number of rotatable bonds is 6. The third-order valence-electron chi connectivity index (χ3n) is 8.19. The molecule has 0 aliphatic carbocycles. The van der Waals surface area contributed by atoms with Crippen LogP contribution in [0.15, 0.2) is 47.4 Å². The quantitative estimate of drug-likeness (QED) is 0.348. The number of methoxy groups -OCH3 is 1. The predicted molar refractivity (Wildman–Crippen MR) is 150 cm³/mol. The first-order valence-electron chi connectivity index (χ1n) is 13.8. The molecule has 11 heteroatoms. The van der Waals surface area contributed by atoms with Gasteiger partial charge in [0.1, 0.15) is 0 Å².